The summed E-state index contributed by atoms with van der Waals surface area (Å²) in [6.07, 6.45) is 0. The number of hydrogen-bond donors (Lipinski definition) is 5. The lowest BCUT2D eigenvalue weighted by atomic mass is 10.2. The second kappa shape index (κ2) is 11.0. The van der Waals surface area contributed by atoms with Gasteiger partial charge in [0.25, 0.3) is 0 Å². The van der Waals surface area contributed by atoms with Crippen LogP contribution in [0.1, 0.15) is 15.9 Å². The standard InChI is InChI=1S/C24H19FN4O5S3/c25-17-10-9-15(11-20(17)37(33,34)26-12-14-5-2-1-3-6-14)19-13-36-24(28-19)29-23(35)27-18-8-4-7-16(21(18)30)22(31)32/h1-11,13,26,30H,12H2,(H,31,32)(H2,27,28,29,35). The molecule has 0 aliphatic carbocycles. The Balaban J connectivity index is 1.48. The summed E-state index contributed by atoms with van der Waals surface area (Å²) < 4.78 is 42.4. The van der Waals surface area contributed by atoms with Gasteiger partial charge in [-0.3, -0.25) is 0 Å². The highest BCUT2D eigenvalue weighted by Crippen LogP contribution is 2.30. The molecule has 0 spiro atoms. The molecule has 0 bridgehead atoms. The summed E-state index contributed by atoms with van der Waals surface area (Å²) in [4.78, 5) is 15.0. The maximum Gasteiger partial charge on any atom is 0.339 e. The van der Waals surface area contributed by atoms with Crippen molar-refractivity contribution in [2.45, 2.75) is 11.4 Å². The van der Waals surface area contributed by atoms with Crippen LogP contribution in [-0.2, 0) is 16.6 Å². The highest BCUT2D eigenvalue weighted by molar-refractivity contribution is 7.89. The van der Waals surface area contributed by atoms with Gasteiger partial charge in [0.05, 0.1) is 11.4 Å². The Hall–Kier alpha value is -3.91. The number of benzene rings is 3. The Morgan fingerprint density at radius 2 is 1.81 bits per heavy atom. The van der Waals surface area contributed by atoms with E-state index in [0.717, 1.165) is 23.0 Å². The minimum atomic E-state index is -4.14. The van der Waals surface area contributed by atoms with Crippen LogP contribution in [0, 0.1) is 5.82 Å². The molecular formula is C24H19FN4O5S3. The fourth-order valence-corrected chi connectivity index (χ4v) is 5.37. The number of nitrogens with one attached hydrogen (secondary N) is 3. The van der Waals surface area contributed by atoms with Crippen LogP contribution in [0.4, 0.5) is 15.2 Å². The molecule has 3 aromatic carbocycles. The number of halogens is 1. The zero-order valence-corrected chi connectivity index (χ0v) is 21.3. The molecule has 1 aromatic heterocycles. The van der Waals surface area contributed by atoms with Gasteiger partial charge in [-0.1, -0.05) is 36.4 Å². The summed E-state index contributed by atoms with van der Waals surface area (Å²) in [6.45, 7) is 0.00693. The van der Waals surface area contributed by atoms with Gasteiger partial charge >= 0.3 is 5.97 Å². The molecule has 0 saturated carbocycles. The summed E-state index contributed by atoms with van der Waals surface area (Å²) in [6, 6.07) is 16.7. The number of hydrogen-bond acceptors (Lipinski definition) is 7. The Morgan fingerprint density at radius 1 is 1.05 bits per heavy atom. The summed E-state index contributed by atoms with van der Waals surface area (Å²) in [5.41, 5.74) is 1.28. The lowest BCUT2D eigenvalue weighted by molar-refractivity contribution is 0.0694. The van der Waals surface area contributed by atoms with E-state index >= 15 is 0 Å². The minimum Gasteiger partial charge on any atom is -0.505 e. The Bertz CT molecular complexity index is 1580. The number of thiazole rings is 1. The third-order valence-electron chi connectivity index (χ3n) is 5.06. The molecule has 9 nitrogen and oxygen atoms in total. The minimum absolute atomic E-state index is 0.00693. The molecule has 37 heavy (non-hydrogen) atoms. The van der Waals surface area contributed by atoms with Crippen molar-refractivity contribution in [1.82, 2.24) is 9.71 Å². The van der Waals surface area contributed by atoms with Crippen molar-refractivity contribution >= 4 is 55.5 Å². The van der Waals surface area contributed by atoms with Gasteiger partial charge in [-0.15, -0.1) is 11.3 Å². The highest BCUT2D eigenvalue weighted by atomic mass is 32.2. The van der Waals surface area contributed by atoms with Crippen molar-refractivity contribution in [1.29, 1.82) is 0 Å². The maximum absolute atomic E-state index is 14.5. The molecule has 5 N–H and O–H groups in total. The number of thiocarbonyl (C=S) groups is 1. The van der Waals surface area contributed by atoms with Crippen LogP contribution in [0.3, 0.4) is 0 Å². The second-order valence-electron chi connectivity index (χ2n) is 7.58. The molecule has 0 aliphatic rings. The van der Waals surface area contributed by atoms with E-state index in [-0.39, 0.29) is 22.9 Å². The number of phenols is 1. The van der Waals surface area contributed by atoms with Gasteiger partial charge in [-0.2, -0.15) is 0 Å². The first-order chi connectivity index (χ1) is 17.6. The van der Waals surface area contributed by atoms with E-state index in [1.165, 1.54) is 30.3 Å². The van der Waals surface area contributed by atoms with E-state index in [1.807, 2.05) is 6.07 Å². The number of sulfonamides is 1. The van der Waals surface area contributed by atoms with E-state index < -0.39 is 32.5 Å². The van der Waals surface area contributed by atoms with Crippen LogP contribution in [0.15, 0.2) is 77.0 Å². The number of carboxylic acids is 1. The Labute approximate surface area is 220 Å². The fraction of sp³-hybridized carbons (Fsp3) is 0.0417. The Kier molecular flexibility index (Phi) is 7.78. The molecule has 4 rings (SSSR count). The molecule has 0 fully saturated rings. The van der Waals surface area contributed by atoms with E-state index in [1.54, 1.807) is 29.6 Å². The van der Waals surface area contributed by atoms with Crippen LogP contribution in [0.5, 0.6) is 5.75 Å². The first-order valence-corrected chi connectivity index (χ1v) is 13.3. The molecule has 13 heteroatoms. The van der Waals surface area contributed by atoms with Crippen LogP contribution >= 0.6 is 23.6 Å². The number of nitrogens with zero attached hydrogens (tertiary/aromatic N) is 1. The third-order valence-corrected chi connectivity index (χ3v) is 7.44. The van der Waals surface area contributed by atoms with E-state index in [4.69, 9.17) is 17.3 Å². The number of aromatic hydroxyl groups is 1. The highest BCUT2D eigenvalue weighted by Gasteiger charge is 2.21. The number of anilines is 2. The predicted octanol–water partition coefficient (Wildman–Crippen LogP) is 4.64. The van der Waals surface area contributed by atoms with Gasteiger partial charge in [0, 0.05) is 17.5 Å². The van der Waals surface area contributed by atoms with Crippen molar-refractivity contribution in [3.63, 3.8) is 0 Å². The molecule has 1 heterocycles. The lowest BCUT2D eigenvalue weighted by Gasteiger charge is -2.11. The molecule has 0 aliphatic heterocycles. The average Bonchev–Trinajstić information content (AvgIpc) is 3.33. The maximum atomic E-state index is 14.5. The van der Waals surface area contributed by atoms with Gasteiger partial charge in [-0.05, 0) is 48.1 Å². The van der Waals surface area contributed by atoms with Crippen molar-refractivity contribution in [3.8, 4) is 17.0 Å². The van der Waals surface area contributed by atoms with Crippen LogP contribution in [0.2, 0.25) is 0 Å². The van der Waals surface area contributed by atoms with Crippen molar-refractivity contribution in [3.05, 3.63) is 89.1 Å². The van der Waals surface area contributed by atoms with Crippen LogP contribution in [-0.4, -0.2) is 34.7 Å². The van der Waals surface area contributed by atoms with Gasteiger partial charge in [0.2, 0.25) is 10.0 Å². The third kappa shape index (κ3) is 6.27. The monoisotopic (exact) mass is 558 g/mol. The van der Waals surface area contributed by atoms with E-state index in [9.17, 15) is 22.7 Å². The van der Waals surface area contributed by atoms with E-state index in [2.05, 4.69) is 20.3 Å². The number of aromatic carboxylic acids is 1. The lowest BCUT2D eigenvalue weighted by Crippen LogP contribution is -2.24. The number of para-hydroxylation sites is 1. The van der Waals surface area contributed by atoms with Crippen molar-refractivity contribution < 1.29 is 27.8 Å². The van der Waals surface area contributed by atoms with Crippen LogP contribution < -0.4 is 15.4 Å². The normalized spacial score (nSPS) is 11.2. The molecule has 0 amide bonds. The molecule has 4 aromatic rings. The SMILES string of the molecule is O=C(O)c1cccc(NC(=S)Nc2nc(-c3ccc(F)c(S(=O)(=O)NCc4ccccc4)c3)cs2)c1O. The largest absolute Gasteiger partial charge is 0.505 e. The van der Waals surface area contributed by atoms with E-state index in [0.29, 0.717) is 16.4 Å². The second-order valence-corrected chi connectivity index (χ2v) is 10.6. The molecule has 0 unspecified atom stereocenters. The summed E-state index contributed by atoms with van der Waals surface area (Å²) in [5, 5.41) is 26.8. The number of carbonyl (C=O) groups is 1. The average molecular weight is 559 g/mol. The van der Waals surface area contributed by atoms with Gasteiger partial charge in [0.15, 0.2) is 16.0 Å². The summed E-state index contributed by atoms with van der Waals surface area (Å²) >= 11 is 6.37. The summed E-state index contributed by atoms with van der Waals surface area (Å²) in [5.74, 6) is -2.66. The molecule has 0 saturated heterocycles. The number of rotatable bonds is 8. The summed E-state index contributed by atoms with van der Waals surface area (Å²) in [7, 11) is -4.14. The number of carboxylic acid groups (broad SMARTS) is 1. The topological polar surface area (TPSA) is 141 Å². The van der Waals surface area contributed by atoms with Gasteiger partial charge < -0.3 is 20.8 Å². The fourth-order valence-electron chi connectivity index (χ4n) is 3.25. The van der Waals surface area contributed by atoms with Crippen LogP contribution in [0.25, 0.3) is 11.3 Å². The molecule has 190 valence electrons. The smallest absolute Gasteiger partial charge is 0.339 e. The molecule has 0 atom stereocenters. The Morgan fingerprint density at radius 3 is 2.54 bits per heavy atom. The molecule has 0 radical (unpaired) electrons. The van der Waals surface area contributed by atoms with Crippen molar-refractivity contribution in [2.24, 2.45) is 0 Å². The first-order valence-electron chi connectivity index (χ1n) is 10.6. The predicted molar refractivity (Wildman–Crippen MR) is 143 cm³/mol. The zero-order valence-electron chi connectivity index (χ0n) is 18.8. The zero-order chi connectivity index (χ0) is 26.6. The van der Waals surface area contributed by atoms with Gasteiger partial charge in [-0.25, -0.2) is 27.3 Å². The van der Waals surface area contributed by atoms with Gasteiger partial charge in [0.1, 0.15) is 16.3 Å². The first kappa shape index (κ1) is 26.2. The number of aromatic nitrogens is 1. The molecular weight excluding hydrogens is 539 g/mol. The quantitative estimate of drug-likeness (QED) is 0.154. The van der Waals surface area contributed by atoms with Crippen molar-refractivity contribution in [2.75, 3.05) is 10.6 Å².